The van der Waals surface area contributed by atoms with Gasteiger partial charge < -0.3 is 9.62 Å². The summed E-state index contributed by atoms with van der Waals surface area (Å²) in [6.07, 6.45) is 0. The van der Waals surface area contributed by atoms with Gasteiger partial charge in [-0.25, -0.2) is 4.21 Å². The molecule has 0 spiro atoms. The van der Waals surface area contributed by atoms with Crippen molar-refractivity contribution in [3.8, 4) is 0 Å². The van der Waals surface area contributed by atoms with Crippen molar-refractivity contribution in [2.45, 2.75) is 25.7 Å². The van der Waals surface area contributed by atoms with Crippen LogP contribution in [0.5, 0.6) is 0 Å². The Morgan fingerprint density at radius 2 is 1.57 bits per heavy atom. The average Bonchev–Trinajstić information content (AvgIpc) is 2.71. The number of aryl methyl sites for hydroxylation is 2. The standard InChI is InChI=1S/C23H24N2O2S/c1-4-25(19-8-6-5-7-9-19)23(26)21-16-18(3)12-15-22(21)24-28(27)20-13-10-17(2)11-14-20/h5-16,24H,4H2,1-3H3. The first-order valence-electron chi connectivity index (χ1n) is 9.22. The number of para-hydroxylation sites is 1. The molecular weight excluding hydrogens is 368 g/mol. The van der Waals surface area contributed by atoms with Gasteiger partial charge in [-0.05, 0) is 57.2 Å². The van der Waals surface area contributed by atoms with Crippen molar-refractivity contribution in [3.63, 3.8) is 0 Å². The number of benzene rings is 3. The van der Waals surface area contributed by atoms with Gasteiger partial charge in [0.1, 0.15) is 11.0 Å². The van der Waals surface area contributed by atoms with E-state index in [4.69, 9.17) is 0 Å². The highest BCUT2D eigenvalue weighted by Gasteiger charge is 2.20. The molecule has 0 bridgehead atoms. The summed E-state index contributed by atoms with van der Waals surface area (Å²) in [7, 11) is -1.46. The lowest BCUT2D eigenvalue weighted by Crippen LogP contribution is -2.31. The van der Waals surface area contributed by atoms with Gasteiger partial charge in [0, 0.05) is 12.2 Å². The van der Waals surface area contributed by atoms with Crippen LogP contribution in [0.15, 0.2) is 77.7 Å². The fraction of sp³-hybridized carbons (Fsp3) is 0.174. The summed E-state index contributed by atoms with van der Waals surface area (Å²) < 4.78 is 15.8. The molecule has 1 amide bonds. The molecular formula is C23H24N2O2S. The molecule has 0 fully saturated rings. The monoisotopic (exact) mass is 392 g/mol. The van der Waals surface area contributed by atoms with E-state index in [1.807, 2.05) is 93.6 Å². The van der Waals surface area contributed by atoms with E-state index in [0.717, 1.165) is 16.8 Å². The summed E-state index contributed by atoms with van der Waals surface area (Å²) in [5.41, 5.74) is 3.98. The molecule has 144 valence electrons. The fourth-order valence-corrected chi connectivity index (χ4v) is 3.82. The highest BCUT2D eigenvalue weighted by molar-refractivity contribution is 7.86. The van der Waals surface area contributed by atoms with Crippen LogP contribution >= 0.6 is 0 Å². The van der Waals surface area contributed by atoms with Crippen LogP contribution in [0.4, 0.5) is 11.4 Å². The predicted molar refractivity (Wildman–Crippen MR) is 116 cm³/mol. The number of nitrogens with zero attached hydrogens (tertiary/aromatic N) is 1. The molecule has 0 saturated heterocycles. The molecule has 0 aliphatic carbocycles. The van der Waals surface area contributed by atoms with Gasteiger partial charge in [0.25, 0.3) is 5.91 Å². The molecule has 4 nitrogen and oxygen atoms in total. The maximum absolute atomic E-state index is 13.3. The van der Waals surface area contributed by atoms with E-state index in [0.29, 0.717) is 22.7 Å². The SMILES string of the molecule is CCN(C(=O)c1cc(C)ccc1NS(=O)c1ccc(C)cc1)c1ccccc1. The fourth-order valence-electron chi connectivity index (χ4n) is 2.94. The van der Waals surface area contributed by atoms with E-state index in [1.54, 1.807) is 4.90 Å². The van der Waals surface area contributed by atoms with Gasteiger partial charge in [-0.3, -0.25) is 4.79 Å². The maximum Gasteiger partial charge on any atom is 0.260 e. The molecule has 0 aliphatic heterocycles. The summed E-state index contributed by atoms with van der Waals surface area (Å²) in [6.45, 7) is 6.41. The molecule has 1 N–H and O–H groups in total. The Hall–Kier alpha value is -2.92. The minimum absolute atomic E-state index is 0.124. The number of hydrogen-bond acceptors (Lipinski definition) is 2. The summed E-state index contributed by atoms with van der Waals surface area (Å²) in [4.78, 5) is 15.7. The Kier molecular flexibility index (Phi) is 6.26. The van der Waals surface area contributed by atoms with E-state index < -0.39 is 11.0 Å². The quantitative estimate of drug-likeness (QED) is 0.634. The van der Waals surface area contributed by atoms with Crippen molar-refractivity contribution in [1.29, 1.82) is 0 Å². The lowest BCUT2D eigenvalue weighted by molar-refractivity contribution is 0.0989. The van der Waals surface area contributed by atoms with Crippen molar-refractivity contribution < 1.29 is 9.00 Å². The molecule has 28 heavy (non-hydrogen) atoms. The third kappa shape index (κ3) is 4.49. The molecule has 5 heteroatoms. The lowest BCUT2D eigenvalue weighted by Gasteiger charge is -2.23. The second kappa shape index (κ2) is 8.85. The van der Waals surface area contributed by atoms with Gasteiger partial charge in [-0.15, -0.1) is 0 Å². The lowest BCUT2D eigenvalue weighted by atomic mass is 10.1. The highest BCUT2D eigenvalue weighted by atomic mass is 32.2. The predicted octanol–water partition coefficient (Wildman–Crippen LogP) is 5.10. The van der Waals surface area contributed by atoms with E-state index in [2.05, 4.69) is 4.72 Å². The zero-order valence-corrected chi connectivity index (χ0v) is 17.1. The average molecular weight is 393 g/mol. The zero-order valence-electron chi connectivity index (χ0n) is 16.3. The number of rotatable bonds is 6. The van der Waals surface area contributed by atoms with Crippen LogP contribution in [0.25, 0.3) is 0 Å². The Balaban J connectivity index is 1.93. The minimum Gasteiger partial charge on any atom is -0.309 e. The Morgan fingerprint density at radius 3 is 2.21 bits per heavy atom. The van der Waals surface area contributed by atoms with E-state index in [9.17, 15) is 9.00 Å². The number of hydrogen-bond donors (Lipinski definition) is 1. The van der Waals surface area contributed by atoms with Crippen LogP contribution < -0.4 is 9.62 Å². The first-order valence-corrected chi connectivity index (χ1v) is 10.4. The van der Waals surface area contributed by atoms with Crippen LogP contribution in [0, 0.1) is 13.8 Å². The first kappa shape index (κ1) is 19.8. The van der Waals surface area contributed by atoms with Crippen molar-refractivity contribution in [3.05, 3.63) is 89.5 Å². The molecule has 1 unspecified atom stereocenters. The molecule has 3 rings (SSSR count). The number of carbonyl (C=O) groups excluding carboxylic acids is 1. The van der Waals surface area contributed by atoms with Crippen LogP contribution in [-0.4, -0.2) is 16.7 Å². The van der Waals surface area contributed by atoms with Crippen LogP contribution in [0.1, 0.15) is 28.4 Å². The summed E-state index contributed by atoms with van der Waals surface area (Å²) >= 11 is 0. The molecule has 0 aromatic heterocycles. The molecule has 3 aromatic rings. The Bertz CT molecular complexity index is 985. The second-order valence-electron chi connectivity index (χ2n) is 6.62. The van der Waals surface area contributed by atoms with Crippen molar-refractivity contribution >= 4 is 28.3 Å². The smallest absolute Gasteiger partial charge is 0.260 e. The van der Waals surface area contributed by atoms with E-state index in [1.165, 1.54) is 0 Å². The zero-order chi connectivity index (χ0) is 20.1. The third-order valence-electron chi connectivity index (χ3n) is 4.47. The second-order valence-corrected chi connectivity index (χ2v) is 7.83. The minimum atomic E-state index is -1.46. The van der Waals surface area contributed by atoms with E-state index in [-0.39, 0.29) is 5.91 Å². The van der Waals surface area contributed by atoms with Crippen LogP contribution in [0.2, 0.25) is 0 Å². The molecule has 0 heterocycles. The molecule has 1 atom stereocenters. The molecule has 0 aliphatic rings. The van der Waals surface area contributed by atoms with Gasteiger partial charge in [-0.2, -0.15) is 0 Å². The topological polar surface area (TPSA) is 49.4 Å². The van der Waals surface area contributed by atoms with Gasteiger partial charge in [0.05, 0.1) is 16.1 Å². The Labute approximate surface area is 168 Å². The molecule has 3 aromatic carbocycles. The van der Waals surface area contributed by atoms with Gasteiger partial charge in [0.2, 0.25) is 0 Å². The van der Waals surface area contributed by atoms with Gasteiger partial charge >= 0.3 is 0 Å². The normalized spacial score (nSPS) is 11.7. The summed E-state index contributed by atoms with van der Waals surface area (Å²) in [6, 6.07) is 22.6. The van der Waals surface area contributed by atoms with Crippen LogP contribution in [-0.2, 0) is 11.0 Å². The van der Waals surface area contributed by atoms with Gasteiger partial charge in [0.15, 0.2) is 0 Å². The number of amides is 1. The molecule has 0 radical (unpaired) electrons. The molecule has 0 saturated carbocycles. The highest BCUT2D eigenvalue weighted by Crippen LogP contribution is 2.24. The number of anilines is 2. The van der Waals surface area contributed by atoms with Crippen molar-refractivity contribution in [2.24, 2.45) is 0 Å². The largest absolute Gasteiger partial charge is 0.309 e. The third-order valence-corrected chi connectivity index (χ3v) is 5.58. The number of carbonyl (C=O) groups is 1. The number of nitrogens with one attached hydrogen (secondary N) is 1. The van der Waals surface area contributed by atoms with Crippen molar-refractivity contribution in [1.82, 2.24) is 0 Å². The summed E-state index contributed by atoms with van der Waals surface area (Å²) in [5, 5.41) is 0. The van der Waals surface area contributed by atoms with E-state index >= 15 is 0 Å². The van der Waals surface area contributed by atoms with Gasteiger partial charge in [-0.1, -0.05) is 47.5 Å². The Morgan fingerprint density at radius 1 is 0.929 bits per heavy atom. The van der Waals surface area contributed by atoms with Crippen molar-refractivity contribution in [2.75, 3.05) is 16.2 Å². The maximum atomic E-state index is 13.3. The van der Waals surface area contributed by atoms with Crippen LogP contribution in [0.3, 0.4) is 0 Å². The summed E-state index contributed by atoms with van der Waals surface area (Å²) in [5.74, 6) is -0.124. The first-order chi connectivity index (χ1) is 13.5.